The van der Waals surface area contributed by atoms with E-state index in [0.29, 0.717) is 6.42 Å². The maximum Gasteiger partial charge on any atom is 0.326 e. The molecule has 1 atom stereocenters. The Bertz CT molecular complexity index is 401. The molecule has 1 aromatic carbocycles. The molecule has 1 aromatic rings. The van der Waals surface area contributed by atoms with Crippen LogP contribution in [0.1, 0.15) is 18.1 Å². The van der Waals surface area contributed by atoms with E-state index in [9.17, 15) is 4.79 Å². The van der Waals surface area contributed by atoms with E-state index in [0.717, 1.165) is 17.7 Å². The van der Waals surface area contributed by atoms with E-state index in [1.807, 2.05) is 24.1 Å². The van der Waals surface area contributed by atoms with Crippen molar-refractivity contribution in [2.75, 3.05) is 11.9 Å². The second-order valence-electron chi connectivity index (χ2n) is 3.95. The molecule has 0 saturated heterocycles. The number of carbonyl (C=O) groups is 1. The summed E-state index contributed by atoms with van der Waals surface area (Å²) >= 11 is 0. The fourth-order valence-corrected chi connectivity index (χ4v) is 2.30. The van der Waals surface area contributed by atoms with Crippen molar-refractivity contribution >= 4 is 11.7 Å². The summed E-state index contributed by atoms with van der Waals surface area (Å²) in [6.45, 7) is 2.09. The summed E-state index contributed by atoms with van der Waals surface area (Å²) in [6.07, 6.45) is 1.56. The van der Waals surface area contributed by atoms with Crippen molar-refractivity contribution in [3.8, 4) is 0 Å². The average molecular weight is 205 g/mol. The highest BCUT2D eigenvalue weighted by atomic mass is 16.4. The van der Waals surface area contributed by atoms with E-state index in [4.69, 9.17) is 5.11 Å². The van der Waals surface area contributed by atoms with Gasteiger partial charge >= 0.3 is 5.97 Å². The molecular weight excluding hydrogens is 190 g/mol. The first-order chi connectivity index (χ1) is 7.15. The third-order valence-electron chi connectivity index (χ3n) is 3.10. The number of carboxylic acids is 1. The fourth-order valence-electron chi connectivity index (χ4n) is 2.30. The van der Waals surface area contributed by atoms with Gasteiger partial charge in [-0.3, -0.25) is 0 Å². The smallest absolute Gasteiger partial charge is 0.326 e. The average Bonchev–Trinajstić information content (AvgIpc) is 2.56. The summed E-state index contributed by atoms with van der Waals surface area (Å²) in [7, 11) is 1.86. The topological polar surface area (TPSA) is 40.5 Å². The summed E-state index contributed by atoms with van der Waals surface area (Å²) < 4.78 is 0. The standard InChI is InChI=1S/C12H15NO2/c1-3-8-5-4-6-9-7-10(12(14)15)13(2)11(8)9/h4-6,10H,3,7H2,1-2H3,(H,14,15). The van der Waals surface area contributed by atoms with Gasteiger partial charge in [0.15, 0.2) is 0 Å². The predicted molar refractivity (Wildman–Crippen MR) is 59.4 cm³/mol. The molecule has 1 N–H and O–H groups in total. The Hall–Kier alpha value is -1.51. The lowest BCUT2D eigenvalue weighted by Gasteiger charge is -2.20. The number of likely N-dealkylation sites (N-methyl/N-ethyl adjacent to an activating group) is 1. The molecule has 0 fully saturated rings. The molecule has 0 radical (unpaired) electrons. The molecular formula is C12H15NO2. The van der Waals surface area contributed by atoms with Crippen LogP contribution in [-0.4, -0.2) is 24.2 Å². The first kappa shape index (κ1) is 10.0. The first-order valence-electron chi connectivity index (χ1n) is 5.21. The lowest BCUT2D eigenvalue weighted by molar-refractivity contribution is -0.138. The number of nitrogens with zero attached hydrogens (tertiary/aromatic N) is 1. The van der Waals surface area contributed by atoms with Crippen LogP contribution in [0.5, 0.6) is 0 Å². The fraction of sp³-hybridized carbons (Fsp3) is 0.417. The first-order valence-corrected chi connectivity index (χ1v) is 5.21. The Labute approximate surface area is 89.3 Å². The Morgan fingerprint density at radius 3 is 2.93 bits per heavy atom. The van der Waals surface area contributed by atoms with Crippen molar-refractivity contribution in [1.29, 1.82) is 0 Å². The van der Waals surface area contributed by atoms with Gasteiger partial charge in [-0.05, 0) is 17.5 Å². The van der Waals surface area contributed by atoms with E-state index < -0.39 is 12.0 Å². The van der Waals surface area contributed by atoms with Crippen LogP contribution in [0.4, 0.5) is 5.69 Å². The highest BCUT2D eigenvalue weighted by Gasteiger charge is 2.32. The normalized spacial score (nSPS) is 19.1. The minimum absolute atomic E-state index is 0.396. The van der Waals surface area contributed by atoms with Crippen LogP contribution in [0, 0.1) is 0 Å². The van der Waals surface area contributed by atoms with Gasteiger partial charge in [-0.25, -0.2) is 4.79 Å². The minimum atomic E-state index is -0.740. The maximum atomic E-state index is 11.0. The maximum absolute atomic E-state index is 11.0. The number of carboxylic acid groups (broad SMARTS) is 1. The van der Waals surface area contributed by atoms with Crippen LogP contribution in [-0.2, 0) is 17.6 Å². The van der Waals surface area contributed by atoms with Crippen molar-refractivity contribution in [3.05, 3.63) is 29.3 Å². The van der Waals surface area contributed by atoms with Gasteiger partial charge in [0.05, 0.1) is 0 Å². The van der Waals surface area contributed by atoms with Gasteiger partial charge in [0.25, 0.3) is 0 Å². The van der Waals surface area contributed by atoms with Crippen LogP contribution in [0.3, 0.4) is 0 Å². The van der Waals surface area contributed by atoms with Gasteiger partial charge in [-0.1, -0.05) is 25.1 Å². The van der Waals surface area contributed by atoms with Crippen LogP contribution in [0.15, 0.2) is 18.2 Å². The zero-order chi connectivity index (χ0) is 11.0. The number of benzene rings is 1. The molecule has 1 heterocycles. The van der Waals surface area contributed by atoms with E-state index >= 15 is 0 Å². The molecule has 3 heteroatoms. The molecule has 3 nitrogen and oxygen atoms in total. The van der Waals surface area contributed by atoms with Crippen LogP contribution >= 0.6 is 0 Å². The second kappa shape index (κ2) is 3.57. The summed E-state index contributed by atoms with van der Waals surface area (Å²) in [5.41, 5.74) is 3.51. The Morgan fingerprint density at radius 1 is 1.60 bits per heavy atom. The van der Waals surface area contributed by atoms with Crippen molar-refractivity contribution < 1.29 is 9.90 Å². The number of aliphatic carboxylic acids is 1. The van der Waals surface area contributed by atoms with E-state index in [1.54, 1.807) is 0 Å². The molecule has 1 unspecified atom stereocenters. The molecule has 0 bridgehead atoms. The highest BCUT2D eigenvalue weighted by Crippen LogP contribution is 2.34. The number of hydrogen-bond donors (Lipinski definition) is 1. The summed E-state index contributed by atoms with van der Waals surface area (Å²) in [6, 6.07) is 5.70. The van der Waals surface area contributed by atoms with Crippen LogP contribution < -0.4 is 4.90 Å². The third kappa shape index (κ3) is 1.48. The van der Waals surface area contributed by atoms with Gasteiger partial charge in [0.1, 0.15) is 6.04 Å². The Kier molecular flexibility index (Phi) is 2.39. The number of aryl methyl sites for hydroxylation is 1. The molecule has 1 aliphatic rings. The van der Waals surface area contributed by atoms with Gasteiger partial charge < -0.3 is 10.0 Å². The highest BCUT2D eigenvalue weighted by molar-refractivity contribution is 5.83. The lowest BCUT2D eigenvalue weighted by Crippen LogP contribution is -2.35. The zero-order valence-electron chi connectivity index (χ0n) is 9.03. The number of rotatable bonds is 2. The van der Waals surface area contributed by atoms with Crippen LogP contribution in [0.25, 0.3) is 0 Å². The molecule has 0 aromatic heterocycles. The van der Waals surface area contributed by atoms with Crippen LogP contribution in [0.2, 0.25) is 0 Å². The van der Waals surface area contributed by atoms with E-state index in [-0.39, 0.29) is 0 Å². The number of para-hydroxylation sites is 1. The summed E-state index contributed by atoms with van der Waals surface area (Å²) in [5.74, 6) is -0.740. The van der Waals surface area contributed by atoms with Gasteiger partial charge in [-0.2, -0.15) is 0 Å². The van der Waals surface area contributed by atoms with E-state index in [1.165, 1.54) is 5.56 Å². The van der Waals surface area contributed by atoms with Crippen molar-refractivity contribution in [3.63, 3.8) is 0 Å². The minimum Gasteiger partial charge on any atom is -0.480 e. The molecule has 80 valence electrons. The summed E-state index contributed by atoms with van der Waals surface area (Å²) in [4.78, 5) is 12.9. The quantitative estimate of drug-likeness (QED) is 0.798. The number of fused-ring (bicyclic) bond motifs is 1. The SMILES string of the molecule is CCc1cccc2c1N(C)C(C(=O)O)C2. The second-order valence-corrected chi connectivity index (χ2v) is 3.95. The van der Waals surface area contributed by atoms with Crippen molar-refractivity contribution in [2.45, 2.75) is 25.8 Å². The molecule has 0 amide bonds. The van der Waals surface area contributed by atoms with Gasteiger partial charge in [0.2, 0.25) is 0 Å². The zero-order valence-corrected chi connectivity index (χ0v) is 9.03. The van der Waals surface area contributed by atoms with E-state index in [2.05, 4.69) is 13.0 Å². The molecule has 15 heavy (non-hydrogen) atoms. The monoisotopic (exact) mass is 205 g/mol. The van der Waals surface area contributed by atoms with Crippen molar-refractivity contribution in [2.24, 2.45) is 0 Å². The summed E-state index contributed by atoms with van der Waals surface area (Å²) in [5, 5.41) is 9.08. The molecule has 0 spiro atoms. The third-order valence-corrected chi connectivity index (χ3v) is 3.10. The molecule has 1 aliphatic heterocycles. The van der Waals surface area contributed by atoms with Gasteiger partial charge in [-0.15, -0.1) is 0 Å². The molecule has 2 rings (SSSR count). The number of anilines is 1. The Balaban J connectivity index is 2.45. The predicted octanol–water partition coefficient (Wildman–Crippen LogP) is 1.69. The lowest BCUT2D eigenvalue weighted by atomic mass is 10.0. The van der Waals surface area contributed by atoms with Gasteiger partial charge in [0, 0.05) is 19.2 Å². The Morgan fingerprint density at radius 2 is 2.33 bits per heavy atom. The van der Waals surface area contributed by atoms with Crippen molar-refractivity contribution in [1.82, 2.24) is 0 Å². The largest absolute Gasteiger partial charge is 0.480 e. The number of hydrogen-bond acceptors (Lipinski definition) is 2. The molecule has 0 saturated carbocycles. The molecule has 0 aliphatic carbocycles.